The van der Waals surface area contributed by atoms with E-state index >= 15 is 0 Å². The number of H-pyrrole nitrogens is 1. The molecule has 0 fully saturated rings. The van der Waals surface area contributed by atoms with Crippen molar-refractivity contribution >= 4 is 34.3 Å². The smallest absolute Gasteiger partial charge is 0.361 e. The van der Waals surface area contributed by atoms with Crippen molar-refractivity contribution in [2.24, 2.45) is 0 Å². The standard InChI is InChI=1S/C30H29ClF3N3O2/c1-20(2)37(29(39)25-8-3-5-9-26(25)31)19-28(38)36(18-21-11-13-23(14-12-21)30(32,33)34)16-15-22-17-35-27-10-6-4-7-24(22)27/h3-14,17,20,35H,15-16,18-19H2,1-2H3. The van der Waals surface area contributed by atoms with E-state index in [0.717, 1.165) is 28.6 Å². The van der Waals surface area contributed by atoms with Crippen LogP contribution in [0.5, 0.6) is 0 Å². The summed E-state index contributed by atoms with van der Waals surface area (Å²) < 4.78 is 39.2. The van der Waals surface area contributed by atoms with E-state index in [4.69, 9.17) is 11.6 Å². The van der Waals surface area contributed by atoms with Crippen LogP contribution in [0.25, 0.3) is 10.9 Å². The van der Waals surface area contributed by atoms with E-state index < -0.39 is 11.7 Å². The molecular weight excluding hydrogens is 527 g/mol. The monoisotopic (exact) mass is 555 g/mol. The molecule has 1 aromatic heterocycles. The number of para-hydroxylation sites is 1. The maximum Gasteiger partial charge on any atom is 0.416 e. The Labute approximate surface area is 230 Å². The minimum atomic E-state index is -4.44. The van der Waals surface area contributed by atoms with Gasteiger partial charge < -0.3 is 14.8 Å². The zero-order valence-corrected chi connectivity index (χ0v) is 22.4. The van der Waals surface area contributed by atoms with Gasteiger partial charge in [-0.2, -0.15) is 13.2 Å². The predicted octanol–water partition coefficient (Wildman–Crippen LogP) is 6.96. The van der Waals surface area contributed by atoms with Crippen LogP contribution < -0.4 is 0 Å². The number of alkyl halides is 3. The lowest BCUT2D eigenvalue weighted by molar-refractivity contribution is -0.137. The molecule has 0 spiro atoms. The van der Waals surface area contributed by atoms with E-state index in [1.165, 1.54) is 17.0 Å². The summed E-state index contributed by atoms with van der Waals surface area (Å²) in [5.74, 6) is -0.682. The molecule has 0 bridgehead atoms. The predicted molar refractivity (Wildman–Crippen MR) is 146 cm³/mol. The highest BCUT2D eigenvalue weighted by Crippen LogP contribution is 2.29. The first-order valence-electron chi connectivity index (χ1n) is 12.6. The minimum absolute atomic E-state index is 0.103. The van der Waals surface area contributed by atoms with Crippen LogP contribution >= 0.6 is 11.6 Å². The summed E-state index contributed by atoms with van der Waals surface area (Å²) in [5.41, 5.74) is 2.10. The van der Waals surface area contributed by atoms with Gasteiger partial charge in [-0.15, -0.1) is 0 Å². The zero-order chi connectivity index (χ0) is 28.2. The second-order valence-corrected chi connectivity index (χ2v) is 10.0. The molecule has 3 aromatic carbocycles. The quantitative estimate of drug-likeness (QED) is 0.243. The van der Waals surface area contributed by atoms with Gasteiger partial charge in [0.05, 0.1) is 16.1 Å². The van der Waals surface area contributed by atoms with E-state index in [2.05, 4.69) is 4.98 Å². The largest absolute Gasteiger partial charge is 0.416 e. The molecular formula is C30H29ClF3N3O2. The number of halogens is 4. The molecule has 0 saturated carbocycles. The molecule has 2 amide bonds. The Morgan fingerprint density at radius 3 is 2.28 bits per heavy atom. The molecule has 0 unspecified atom stereocenters. The molecule has 204 valence electrons. The van der Waals surface area contributed by atoms with E-state index in [0.29, 0.717) is 29.1 Å². The number of hydrogen-bond donors (Lipinski definition) is 1. The Balaban J connectivity index is 1.57. The lowest BCUT2D eigenvalue weighted by atomic mass is 10.1. The summed E-state index contributed by atoms with van der Waals surface area (Å²) in [5, 5.41) is 1.33. The van der Waals surface area contributed by atoms with Gasteiger partial charge in [0.25, 0.3) is 5.91 Å². The van der Waals surface area contributed by atoms with Crippen molar-refractivity contribution in [3.63, 3.8) is 0 Å². The summed E-state index contributed by atoms with van der Waals surface area (Å²) in [7, 11) is 0. The molecule has 0 aliphatic carbocycles. The molecule has 4 aromatic rings. The van der Waals surface area contributed by atoms with Crippen molar-refractivity contribution in [2.75, 3.05) is 13.1 Å². The summed E-state index contributed by atoms with van der Waals surface area (Å²) in [6.45, 7) is 3.85. The van der Waals surface area contributed by atoms with Gasteiger partial charge in [0.1, 0.15) is 6.54 Å². The highest BCUT2D eigenvalue weighted by atomic mass is 35.5. The Morgan fingerprint density at radius 2 is 1.62 bits per heavy atom. The molecule has 9 heteroatoms. The highest BCUT2D eigenvalue weighted by Gasteiger charge is 2.30. The number of carbonyl (C=O) groups is 2. The fraction of sp³-hybridized carbons (Fsp3) is 0.267. The second-order valence-electron chi connectivity index (χ2n) is 9.63. The van der Waals surface area contributed by atoms with Crippen molar-refractivity contribution < 1.29 is 22.8 Å². The number of benzene rings is 3. The van der Waals surface area contributed by atoms with Crippen molar-refractivity contribution in [1.82, 2.24) is 14.8 Å². The van der Waals surface area contributed by atoms with Crippen molar-refractivity contribution in [2.45, 2.75) is 39.0 Å². The van der Waals surface area contributed by atoms with Crippen molar-refractivity contribution in [3.8, 4) is 0 Å². The van der Waals surface area contributed by atoms with Crippen LogP contribution in [0, 0.1) is 0 Å². The molecule has 1 N–H and O–H groups in total. The average Bonchev–Trinajstić information content (AvgIpc) is 3.32. The van der Waals surface area contributed by atoms with E-state index in [1.807, 2.05) is 44.3 Å². The van der Waals surface area contributed by atoms with Crippen molar-refractivity contribution in [3.05, 3.63) is 106 Å². The van der Waals surface area contributed by atoms with Crippen LogP contribution in [0.1, 0.15) is 40.9 Å². The number of nitrogens with zero attached hydrogens (tertiary/aromatic N) is 2. The molecule has 5 nitrogen and oxygen atoms in total. The van der Waals surface area contributed by atoms with Crippen LogP contribution in [0.2, 0.25) is 5.02 Å². The number of fused-ring (bicyclic) bond motifs is 1. The third-order valence-electron chi connectivity index (χ3n) is 6.63. The number of carbonyl (C=O) groups excluding carboxylic acids is 2. The molecule has 0 saturated heterocycles. The molecule has 39 heavy (non-hydrogen) atoms. The molecule has 0 aliphatic rings. The summed E-state index contributed by atoms with van der Waals surface area (Å²) in [4.78, 5) is 33.2. The van der Waals surface area contributed by atoms with E-state index in [-0.39, 0.29) is 30.9 Å². The number of hydrogen-bond acceptors (Lipinski definition) is 2. The number of aromatic amines is 1. The van der Waals surface area contributed by atoms with Crippen molar-refractivity contribution in [1.29, 1.82) is 0 Å². The number of rotatable bonds is 9. The lowest BCUT2D eigenvalue weighted by Crippen LogP contribution is -2.46. The molecule has 0 aliphatic heterocycles. The van der Waals surface area contributed by atoms with E-state index in [9.17, 15) is 22.8 Å². The SMILES string of the molecule is CC(C)N(CC(=O)N(CCc1c[nH]c2ccccc12)Cc1ccc(C(F)(F)F)cc1)C(=O)c1ccccc1Cl. The topological polar surface area (TPSA) is 56.4 Å². The second kappa shape index (κ2) is 11.9. The van der Waals surface area contributed by atoms with Crippen LogP contribution in [-0.4, -0.2) is 45.7 Å². The minimum Gasteiger partial charge on any atom is -0.361 e. The van der Waals surface area contributed by atoms with Gasteiger partial charge >= 0.3 is 6.18 Å². The Hall–Kier alpha value is -3.78. The molecule has 0 radical (unpaired) electrons. The Morgan fingerprint density at radius 1 is 0.949 bits per heavy atom. The van der Waals surface area contributed by atoms with Crippen LogP contribution in [0.4, 0.5) is 13.2 Å². The first-order chi connectivity index (χ1) is 18.5. The molecule has 4 rings (SSSR count). The van der Waals surface area contributed by atoms with Crippen LogP contribution in [0.15, 0.2) is 79.0 Å². The van der Waals surface area contributed by atoms with Gasteiger partial charge in [-0.25, -0.2) is 0 Å². The maximum absolute atomic E-state index is 13.6. The Kier molecular flexibility index (Phi) is 8.65. The van der Waals surface area contributed by atoms with E-state index in [1.54, 1.807) is 29.2 Å². The Bertz CT molecular complexity index is 1450. The van der Waals surface area contributed by atoms with Gasteiger partial charge in [-0.05, 0) is 61.7 Å². The number of aromatic nitrogens is 1. The van der Waals surface area contributed by atoms with Gasteiger partial charge in [0.15, 0.2) is 0 Å². The van der Waals surface area contributed by atoms with Gasteiger partial charge in [-0.3, -0.25) is 9.59 Å². The van der Waals surface area contributed by atoms with Crippen LogP contribution in [0.3, 0.4) is 0 Å². The number of amides is 2. The van der Waals surface area contributed by atoms with Gasteiger partial charge in [0, 0.05) is 36.2 Å². The molecule has 1 heterocycles. The fourth-order valence-electron chi connectivity index (χ4n) is 4.43. The summed E-state index contributed by atoms with van der Waals surface area (Å²) in [6, 6.07) is 19.0. The summed E-state index contributed by atoms with van der Waals surface area (Å²) >= 11 is 6.25. The summed E-state index contributed by atoms with van der Waals surface area (Å²) in [6.07, 6.45) is -2.02. The normalized spacial score (nSPS) is 11.7. The lowest BCUT2D eigenvalue weighted by Gasteiger charge is -2.30. The highest BCUT2D eigenvalue weighted by molar-refractivity contribution is 6.33. The first kappa shape index (κ1) is 28.2. The maximum atomic E-state index is 13.6. The van der Waals surface area contributed by atoms with Gasteiger partial charge in [0.2, 0.25) is 5.91 Å². The zero-order valence-electron chi connectivity index (χ0n) is 21.6. The number of nitrogens with one attached hydrogen (secondary N) is 1. The van der Waals surface area contributed by atoms with Crippen LogP contribution in [-0.2, 0) is 23.9 Å². The average molecular weight is 556 g/mol. The fourth-order valence-corrected chi connectivity index (χ4v) is 4.65. The third-order valence-corrected chi connectivity index (χ3v) is 6.96. The third kappa shape index (κ3) is 6.81. The molecule has 0 atom stereocenters. The first-order valence-corrected chi connectivity index (χ1v) is 13.0. The van der Waals surface area contributed by atoms with Gasteiger partial charge in [-0.1, -0.05) is 54.1 Å².